The van der Waals surface area contributed by atoms with E-state index in [4.69, 9.17) is 5.11 Å². The molecule has 6 heteroatoms. The van der Waals surface area contributed by atoms with Gasteiger partial charge in [-0.05, 0) is 23.1 Å². The molecule has 1 amide bonds. The van der Waals surface area contributed by atoms with Crippen molar-refractivity contribution in [3.05, 3.63) is 35.4 Å². The molecule has 0 aliphatic heterocycles. The molecule has 0 aliphatic carbocycles. The highest BCUT2D eigenvalue weighted by Crippen LogP contribution is 2.22. The normalized spacial score (nSPS) is 12.8. The zero-order valence-electron chi connectivity index (χ0n) is 12.2. The number of nitrogens with one attached hydrogen (secondary N) is 1. The molecule has 0 spiro atoms. The van der Waals surface area contributed by atoms with Crippen LogP contribution in [0.1, 0.15) is 32.8 Å². The number of carbonyl (C=O) groups excluding carboxylic acids is 1. The quantitative estimate of drug-likeness (QED) is 0.878. The van der Waals surface area contributed by atoms with Crippen LogP contribution in [0.2, 0.25) is 0 Å². The highest BCUT2D eigenvalue weighted by Gasteiger charge is 2.28. The molecule has 1 aromatic rings. The van der Waals surface area contributed by atoms with Crippen LogP contribution in [0.3, 0.4) is 0 Å². The second kappa shape index (κ2) is 6.65. The van der Waals surface area contributed by atoms with E-state index in [0.717, 1.165) is 12.1 Å². The molecule has 2 N–H and O–H groups in total. The summed E-state index contributed by atoms with van der Waals surface area (Å²) >= 11 is 0. The Balaban J connectivity index is 2.73. The standard InChI is InChI=1S/C15H19F2NO3/c1-15(2,3)12(8-14(20)21)18-13(19)7-9-4-5-10(16)11(17)6-9/h4-6,12H,7-8H2,1-3H3,(H,18,19)(H,20,21). The average molecular weight is 299 g/mol. The lowest BCUT2D eigenvalue weighted by atomic mass is 9.84. The Morgan fingerprint density at radius 1 is 1.24 bits per heavy atom. The third-order valence-corrected chi connectivity index (χ3v) is 3.11. The van der Waals surface area contributed by atoms with Gasteiger partial charge in [0.1, 0.15) is 0 Å². The van der Waals surface area contributed by atoms with Crippen LogP contribution in [0.15, 0.2) is 18.2 Å². The fourth-order valence-corrected chi connectivity index (χ4v) is 1.83. The zero-order valence-corrected chi connectivity index (χ0v) is 12.2. The van der Waals surface area contributed by atoms with Gasteiger partial charge in [0.2, 0.25) is 5.91 Å². The van der Waals surface area contributed by atoms with Gasteiger partial charge in [-0.2, -0.15) is 0 Å². The van der Waals surface area contributed by atoms with E-state index in [1.807, 2.05) is 20.8 Å². The Morgan fingerprint density at radius 3 is 2.33 bits per heavy atom. The van der Waals surface area contributed by atoms with Crippen LogP contribution in [0.25, 0.3) is 0 Å². The largest absolute Gasteiger partial charge is 0.481 e. The van der Waals surface area contributed by atoms with E-state index in [2.05, 4.69) is 5.32 Å². The second-order valence-corrected chi connectivity index (χ2v) is 6.01. The van der Waals surface area contributed by atoms with Crippen LogP contribution >= 0.6 is 0 Å². The molecule has 0 fully saturated rings. The molecule has 4 nitrogen and oxygen atoms in total. The van der Waals surface area contributed by atoms with Gasteiger partial charge in [-0.25, -0.2) is 8.78 Å². The van der Waals surface area contributed by atoms with E-state index >= 15 is 0 Å². The Morgan fingerprint density at radius 2 is 1.86 bits per heavy atom. The summed E-state index contributed by atoms with van der Waals surface area (Å²) in [5.41, 5.74) is -0.100. The SMILES string of the molecule is CC(C)(C)C(CC(=O)O)NC(=O)Cc1ccc(F)c(F)c1. The van der Waals surface area contributed by atoms with E-state index in [-0.39, 0.29) is 12.8 Å². The number of hydrogen-bond donors (Lipinski definition) is 2. The maximum Gasteiger partial charge on any atom is 0.305 e. The summed E-state index contributed by atoms with van der Waals surface area (Å²) in [4.78, 5) is 22.8. The lowest BCUT2D eigenvalue weighted by Crippen LogP contribution is -2.45. The van der Waals surface area contributed by atoms with E-state index in [9.17, 15) is 18.4 Å². The molecule has 1 atom stereocenters. The van der Waals surface area contributed by atoms with Crippen LogP contribution < -0.4 is 5.32 Å². The number of benzene rings is 1. The Labute approximate surface area is 122 Å². The van der Waals surface area contributed by atoms with Crippen LogP contribution in [0.5, 0.6) is 0 Å². The fraction of sp³-hybridized carbons (Fsp3) is 0.467. The number of rotatable bonds is 5. The van der Waals surface area contributed by atoms with Crippen LogP contribution in [-0.2, 0) is 16.0 Å². The lowest BCUT2D eigenvalue weighted by Gasteiger charge is -2.30. The van der Waals surface area contributed by atoms with Gasteiger partial charge >= 0.3 is 5.97 Å². The number of aliphatic carboxylic acids is 1. The highest BCUT2D eigenvalue weighted by molar-refractivity contribution is 5.79. The topological polar surface area (TPSA) is 66.4 Å². The Bertz CT molecular complexity index is 538. The van der Waals surface area contributed by atoms with Crippen molar-refractivity contribution in [2.75, 3.05) is 0 Å². The highest BCUT2D eigenvalue weighted by atomic mass is 19.2. The molecule has 0 bridgehead atoms. The maximum absolute atomic E-state index is 13.1. The number of carboxylic acids is 1. The van der Waals surface area contributed by atoms with Crippen LogP contribution in [-0.4, -0.2) is 23.0 Å². The van der Waals surface area contributed by atoms with E-state index in [0.29, 0.717) is 5.56 Å². The summed E-state index contributed by atoms with van der Waals surface area (Å²) in [6.07, 6.45) is -0.337. The van der Waals surface area contributed by atoms with Crippen molar-refractivity contribution in [3.63, 3.8) is 0 Å². The van der Waals surface area contributed by atoms with Gasteiger partial charge in [0.25, 0.3) is 0 Å². The van der Waals surface area contributed by atoms with Gasteiger partial charge in [-0.3, -0.25) is 9.59 Å². The summed E-state index contributed by atoms with van der Waals surface area (Å²) in [5.74, 6) is -3.43. The first-order chi connectivity index (χ1) is 9.59. The first-order valence-electron chi connectivity index (χ1n) is 6.54. The summed E-state index contributed by atoms with van der Waals surface area (Å²) in [7, 11) is 0. The molecule has 0 saturated heterocycles. The number of carbonyl (C=O) groups is 2. The zero-order chi connectivity index (χ0) is 16.2. The van der Waals surface area contributed by atoms with E-state index in [1.54, 1.807) is 0 Å². The minimum absolute atomic E-state index is 0.136. The van der Waals surface area contributed by atoms with Crippen molar-refractivity contribution in [2.24, 2.45) is 5.41 Å². The van der Waals surface area contributed by atoms with Gasteiger partial charge in [-0.15, -0.1) is 0 Å². The van der Waals surface area contributed by atoms with E-state index < -0.39 is 35.0 Å². The van der Waals surface area contributed by atoms with E-state index in [1.165, 1.54) is 6.07 Å². The first kappa shape index (κ1) is 17.1. The Kier molecular flexibility index (Phi) is 5.41. The van der Waals surface area contributed by atoms with Gasteiger partial charge in [0, 0.05) is 6.04 Å². The molecule has 21 heavy (non-hydrogen) atoms. The molecular weight excluding hydrogens is 280 g/mol. The van der Waals surface area contributed by atoms with Crippen molar-refractivity contribution >= 4 is 11.9 Å². The van der Waals surface area contributed by atoms with Gasteiger partial charge in [-0.1, -0.05) is 26.8 Å². The third-order valence-electron chi connectivity index (χ3n) is 3.11. The number of carboxylic acid groups (broad SMARTS) is 1. The molecule has 1 rings (SSSR count). The molecular formula is C15H19F2NO3. The van der Waals surface area contributed by atoms with Crippen molar-refractivity contribution in [1.82, 2.24) is 5.32 Å². The lowest BCUT2D eigenvalue weighted by molar-refractivity contribution is -0.138. The summed E-state index contributed by atoms with van der Waals surface area (Å²) < 4.78 is 25.9. The van der Waals surface area contributed by atoms with Crippen molar-refractivity contribution < 1.29 is 23.5 Å². The second-order valence-electron chi connectivity index (χ2n) is 6.01. The predicted octanol–water partition coefficient (Wildman–Crippen LogP) is 2.51. The predicted molar refractivity (Wildman–Crippen MR) is 73.7 cm³/mol. The smallest absolute Gasteiger partial charge is 0.305 e. The summed E-state index contributed by atoms with van der Waals surface area (Å²) in [5, 5.41) is 11.5. The number of hydrogen-bond acceptors (Lipinski definition) is 2. The maximum atomic E-state index is 13.1. The van der Waals surface area contributed by atoms with Crippen molar-refractivity contribution in [2.45, 2.75) is 39.7 Å². The fourth-order valence-electron chi connectivity index (χ4n) is 1.83. The van der Waals surface area contributed by atoms with Crippen molar-refractivity contribution in [1.29, 1.82) is 0 Å². The van der Waals surface area contributed by atoms with Gasteiger partial charge in [0.15, 0.2) is 11.6 Å². The monoisotopic (exact) mass is 299 g/mol. The van der Waals surface area contributed by atoms with Gasteiger partial charge < -0.3 is 10.4 Å². The molecule has 1 aromatic carbocycles. The average Bonchev–Trinajstić information content (AvgIpc) is 2.31. The van der Waals surface area contributed by atoms with Gasteiger partial charge in [0.05, 0.1) is 12.8 Å². The first-order valence-corrected chi connectivity index (χ1v) is 6.54. The molecule has 0 radical (unpaired) electrons. The summed E-state index contributed by atoms with van der Waals surface area (Å²) in [6.45, 7) is 5.45. The number of halogens is 2. The number of amides is 1. The molecule has 0 aromatic heterocycles. The van der Waals surface area contributed by atoms with Crippen molar-refractivity contribution in [3.8, 4) is 0 Å². The molecule has 116 valence electrons. The minimum atomic E-state index is -1.02. The molecule has 1 unspecified atom stereocenters. The van der Waals surface area contributed by atoms with Crippen LogP contribution in [0.4, 0.5) is 8.78 Å². The minimum Gasteiger partial charge on any atom is -0.481 e. The molecule has 0 saturated carbocycles. The molecule has 0 aliphatic rings. The third kappa shape index (κ3) is 5.49. The Hall–Kier alpha value is -1.98. The van der Waals surface area contributed by atoms with Crippen LogP contribution in [0, 0.1) is 17.0 Å². The molecule has 0 heterocycles. The summed E-state index contributed by atoms with van der Waals surface area (Å²) in [6, 6.07) is 2.68.